The van der Waals surface area contributed by atoms with Crippen molar-refractivity contribution >= 4 is 11.7 Å². The van der Waals surface area contributed by atoms with Crippen LogP contribution >= 0.6 is 0 Å². The number of benzene rings is 3. The minimum atomic E-state index is -1.20. The summed E-state index contributed by atoms with van der Waals surface area (Å²) in [5, 5.41) is 14.2. The summed E-state index contributed by atoms with van der Waals surface area (Å²) in [6.45, 7) is 15.3. The zero-order valence-electron chi connectivity index (χ0n) is 29.7. The molecule has 1 fully saturated rings. The fraction of sp³-hybridized carbons (Fsp3) is 0.415. The lowest BCUT2D eigenvalue weighted by Gasteiger charge is -2.41. The number of ether oxygens (including phenoxy) is 2. The molecule has 2 heterocycles. The molecule has 260 valence electrons. The second kappa shape index (κ2) is 15.5. The van der Waals surface area contributed by atoms with E-state index >= 15 is 0 Å². The van der Waals surface area contributed by atoms with Gasteiger partial charge in [0, 0.05) is 49.4 Å². The van der Waals surface area contributed by atoms with Gasteiger partial charge >= 0.3 is 5.97 Å². The molecule has 0 aliphatic carbocycles. The summed E-state index contributed by atoms with van der Waals surface area (Å²) < 4.78 is 25.7. The molecule has 1 aromatic heterocycles. The molecule has 2 N–H and O–H groups in total. The maximum absolute atomic E-state index is 13.3. The van der Waals surface area contributed by atoms with Crippen LogP contribution in [0, 0.1) is 18.2 Å². The van der Waals surface area contributed by atoms with Crippen molar-refractivity contribution in [3.8, 4) is 16.9 Å². The van der Waals surface area contributed by atoms with E-state index in [1.54, 1.807) is 12.1 Å². The molecule has 0 bridgehead atoms. The maximum atomic E-state index is 13.3. The van der Waals surface area contributed by atoms with Crippen molar-refractivity contribution in [1.29, 1.82) is 0 Å². The van der Waals surface area contributed by atoms with Gasteiger partial charge in [-0.25, -0.2) is 9.18 Å². The molecule has 1 atom stereocenters. The molecule has 0 unspecified atom stereocenters. The lowest BCUT2D eigenvalue weighted by Crippen LogP contribution is -2.39. The second-order valence-electron chi connectivity index (χ2n) is 14.7. The number of piperidine rings is 1. The van der Waals surface area contributed by atoms with Crippen molar-refractivity contribution in [2.24, 2.45) is 5.41 Å². The van der Waals surface area contributed by atoms with E-state index in [0.29, 0.717) is 37.4 Å². The van der Waals surface area contributed by atoms with Crippen LogP contribution in [0.25, 0.3) is 11.1 Å². The number of rotatable bonds is 13. The van der Waals surface area contributed by atoms with Crippen molar-refractivity contribution < 1.29 is 23.8 Å². The molecule has 5 rings (SSSR count). The number of carbonyl (C=O) groups is 1. The topological polar surface area (TPSA) is 83.9 Å². The number of aromatic nitrogens is 1. The van der Waals surface area contributed by atoms with Gasteiger partial charge in [-0.1, -0.05) is 68.4 Å². The fourth-order valence-electron chi connectivity index (χ4n) is 6.33. The summed E-state index contributed by atoms with van der Waals surface area (Å²) in [4.78, 5) is 20.4. The van der Waals surface area contributed by atoms with Crippen molar-refractivity contribution in [2.45, 2.75) is 85.6 Å². The van der Waals surface area contributed by atoms with Gasteiger partial charge in [-0.2, -0.15) is 0 Å². The Labute approximate surface area is 290 Å². The van der Waals surface area contributed by atoms with Crippen LogP contribution in [0.5, 0.6) is 5.75 Å². The summed E-state index contributed by atoms with van der Waals surface area (Å²) in [7, 11) is 0. The number of nitrogens with zero attached hydrogens (tertiary/aromatic N) is 2. The zero-order chi connectivity index (χ0) is 35.2. The molecule has 0 spiro atoms. The number of hydrogen-bond acceptors (Lipinski definition) is 6. The summed E-state index contributed by atoms with van der Waals surface area (Å²) in [5.41, 5.74) is 6.48. The van der Waals surface area contributed by atoms with E-state index in [2.05, 4.69) is 36.2 Å². The highest BCUT2D eigenvalue weighted by Gasteiger charge is 2.37. The Balaban J connectivity index is 1.57. The first-order chi connectivity index (χ1) is 23.3. The standard InChI is InChI=1S/C41H50FN3O4/c1-28-35(38(39(46)47)49-40(2,3)4)37(45-23-21-41(5,6)22-24-45)36(34(44-28)27-43-26-30-10-8-7-9-11-30)31-14-18-33(19-15-31)48-25-20-29-12-16-32(42)17-13-29/h7-19,38,43H,20-27H2,1-6H3,(H,46,47)/t38-/m0/s1. The van der Waals surface area contributed by atoms with Gasteiger partial charge in [-0.05, 0) is 86.9 Å². The van der Waals surface area contributed by atoms with Crippen LogP contribution in [-0.2, 0) is 29.0 Å². The Bertz CT molecular complexity index is 1690. The predicted molar refractivity (Wildman–Crippen MR) is 193 cm³/mol. The molecule has 4 aromatic rings. The van der Waals surface area contributed by atoms with Crippen molar-refractivity contribution in [2.75, 3.05) is 24.6 Å². The van der Waals surface area contributed by atoms with Crippen LogP contribution in [0.4, 0.5) is 10.1 Å². The van der Waals surface area contributed by atoms with Crippen LogP contribution in [0.3, 0.4) is 0 Å². The average molecular weight is 668 g/mol. The van der Waals surface area contributed by atoms with Crippen molar-refractivity contribution in [3.05, 3.63) is 113 Å². The number of halogens is 1. The Morgan fingerprint density at radius 1 is 0.959 bits per heavy atom. The molecular formula is C41H50FN3O4. The molecule has 0 amide bonds. The van der Waals surface area contributed by atoms with E-state index in [4.69, 9.17) is 14.5 Å². The van der Waals surface area contributed by atoms with Crippen LogP contribution in [0.15, 0.2) is 78.9 Å². The Morgan fingerprint density at radius 2 is 1.61 bits per heavy atom. The van der Waals surface area contributed by atoms with Crippen LogP contribution in [0.2, 0.25) is 0 Å². The SMILES string of the molecule is Cc1nc(CNCc2ccccc2)c(-c2ccc(OCCc3ccc(F)cc3)cc2)c(N2CCC(C)(C)CC2)c1[C@H](OC(C)(C)C)C(=O)O. The first-order valence-corrected chi connectivity index (χ1v) is 17.2. The molecule has 1 aliphatic rings. The summed E-state index contributed by atoms with van der Waals surface area (Å²) in [6, 6.07) is 24.7. The van der Waals surface area contributed by atoms with E-state index in [0.717, 1.165) is 59.8 Å². The second-order valence-corrected chi connectivity index (χ2v) is 14.7. The van der Waals surface area contributed by atoms with Gasteiger partial charge in [-0.3, -0.25) is 4.98 Å². The smallest absolute Gasteiger partial charge is 0.337 e. The Morgan fingerprint density at radius 3 is 2.22 bits per heavy atom. The van der Waals surface area contributed by atoms with Gasteiger partial charge in [0.05, 0.1) is 23.6 Å². The number of hydrogen-bond donors (Lipinski definition) is 2. The minimum Gasteiger partial charge on any atom is -0.493 e. The fourth-order valence-corrected chi connectivity index (χ4v) is 6.33. The van der Waals surface area contributed by atoms with E-state index in [9.17, 15) is 14.3 Å². The molecule has 49 heavy (non-hydrogen) atoms. The number of aryl methyl sites for hydroxylation is 1. The number of anilines is 1. The van der Waals surface area contributed by atoms with E-state index in [-0.39, 0.29) is 11.2 Å². The highest BCUT2D eigenvalue weighted by molar-refractivity contribution is 5.88. The Hall–Kier alpha value is -4.27. The van der Waals surface area contributed by atoms with Crippen molar-refractivity contribution in [3.63, 3.8) is 0 Å². The highest BCUT2D eigenvalue weighted by Crippen LogP contribution is 2.45. The normalized spacial score (nSPS) is 15.2. The van der Waals surface area contributed by atoms with Crippen molar-refractivity contribution in [1.82, 2.24) is 10.3 Å². The Kier molecular flexibility index (Phi) is 11.4. The molecule has 3 aromatic carbocycles. The number of carboxylic acids is 1. The first-order valence-electron chi connectivity index (χ1n) is 17.2. The van der Waals surface area contributed by atoms with Gasteiger partial charge in [0.1, 0.15) is 11.6 Å². The third-order valence-corrected chi connectivity index (χ3v) is 9.04. The van der Waals surface area contributed by atoms with Crippen LogP contribution in [0.1, 0.15) is 81.6 Å². The van der Waals surface area contributed by atoms with Crippen LogP contribution in [-0.4, -0.2) is 41.4 Å². The van der Waals surface area contributed by atoms with Gasteiger partial charge in [0.2, 0.25) is 0 Å². The first kappa shape index (κ1) is 36.0. The molecule has 8 heteroatoms. The quantitative estimate of drug-likeness (QED) is 0.148. The van der Waals surface area contributed by atoms with Gasteiger partial charge in [0.25, 0.3) is 0 Å². The lowest BCUT2D eigenvalue weighted by molar-refractivity contribution is -0.160. The third kappa shape index (κ3) is 9.67. The monoisotopic (exact) mass is 667 g/mol. The predicted octanol–water partition coefficient (Wildman–Crippen LogP) is 8.67. The average Bonchev–Trinajstić information content (AvgIpc) is 3.05. The largest absolute Gasteiger partial charge is 0.493 e. The summed E-state index contributed by atoms with van der Waals surface area (Å²) in [5.74, 6) is -0.573. The number of aliphatic carboxylic acids is 1. The molecule has 7 nitrogen and oxygen atoms in total. The van der Waals surface area contributed by atoms with Crippen LogP contribution < -0.4 is 15.0 Å². The molecule has 0 saturated carbocycles. The maximum Gasteiger partial charge on any atom is 0.337 e. The molecule has 1 saturated heterocycles. The van der Waals surface area contributed by atoms with Gasteiger partial charge in [0.15, 0.2) is 6.10 Å². The summed E-state index contributed by atoms with van der Waals surface area (Å²) in [6.07, 6.45) is 1.42. The molecular weight excluding hydrogens is 617 g/mol. The number of carboxylic acid groups (broad SMARTS) is 1. The highest BCUT2D eigenvalue weighted by atomic mass is 19.1. The zero-order valence-corrected chi connectivity index (χ0v) is 29.7. The molecule has 1 aliphatic heterocycles. The van der Waals surface area contributed by atoms with Gasteiger partial charge in [-0.15, -0.1) is 0 Å². The lowest BCUT2D eigenvalue weighted by atomic mass is 9.81. The third-order valence-electron chi connectivity index (χ3n) is 9.04. The van der Waals surface area contributed by atoms with E-state index in [1.165, 1.54) is 17.7 Å². The molecule has 0 radical (unpaired) electrons. The number of nitrogens with one attached hydrogen (secondary N) is 1. The van der Waals surface area contributed by atoms with Gasteiger partial charge < -0.3 is 24.8 Å². The summed E-state index contributed by atoms with van der Waals surface area (Å²) >= 11 is 0. The van der Waals surface area contributed by atoms with E-state index < -0.39 is 17.7 Å². The number of pyridine rings is 1. The van der Waals surface area contributed by atoms with E-state index in [1.807, 2.05) is 70.2 Å². The minimum absolute atomic E-state index is 0.194.